The number of hydrogen-bond acceptors (Lipinski definition) is 2. The van der Waals surface area contributed by atoms with E-state index in [1.54, 1.807) is 24.3 Å². The lowest BCUT2D eigenvalue weighted by atomic mass is 10.2. The Morgan fingerprint density at radius 3 is 2.53 bits per heavy atom. The fraction of sp³-hybridized carbons (Fsp3) is 0.0714. The molecule has 0 fully saturated rings. The summed E-state index contributed by atoms with van der Waals surface area (Å²) in [6.45, 7) is 0.312. The summed E-state index contributed by atoms with van der Waals surface area (Å²) in [7, 11) is 0. The van der Waals surface area contributed by atoms with Gasteiger partial charge in [0, 0.05) is 20.6 Å². The maximum atomic E-state index is 10.6. The lowest BCUT2D eigenvalue weighted by Gasteiger charge is -2.09. The molecule has 0 saturated heterocycles. The van der Waals surface area contributed by atoms with Crippen LogP contribution in [-0.2, 0) is 6.61 Å². The fourth-order valence-electron chi connectivity index (χ4n) is 1.50. The molecule has 2 rings (SSSR count). The number of ether oxygens (including phenoxy) is 1. The van der Waals surface area contributed by atoms with Crippen LogP contribution in [-0.4, -0.2) is 6.29 Å². The molecule has 0 amide bonds. The molecule has 0 aliphatic heterocycles. The molecule has 0 bridgehead atoms. The summed E-state index contributed by atoms with van der Waals surface area (Å²) >= 11 is 15.4. The number of aldehydes is 1. The van der Waals surface area contributed by atoms with Gasteiger partial charge in [0.15, 0.2) is 0 Å². The number of carbonyl (C=O) groups excluding carboxylic acids is 1. The molecule has 2 aromatic rings. The first-order valence-electron chi connectivity index (χ1n) is 5.41. The van der Waals surface area contributed by atoms with E-state index in [9.17, 15) is 4.79 Å². The molecule has 0 unspecified atom stereocenters. The van der Waals surface area contributed by atoms with E-state index in [1.165, 1.54) is 0 Å². The third kappa shape index (κ3) is 3.72. The minimum Gasteiger partial charge on any atom is -0.487 e. The standard InChI is InChI=1S/C14H9BrCl2O2/c15-11-3-2-10(12(16)6-11)8-19-14-4-1-9(7-18)5-13(14)17/h1-7H,8H2. The van der Waals surface area contributed by atoms with Gasteiger partial charge in [0.25, 0.3) is 0 Å². The number of carbonyl (C=O) groups is 1. The van der Waals surface area contributed by atoms with Gasteiger partial charge >= 0.3 is 0 Å². The summed E-state index contributed by atoms with van der Waals surface area (Å²) in [6.07, 6.45) is 0.737. The SMILES string of the molecule is O=Cc1ccc(OCc2ccc(Br)cc2Cl)c(Cl)c1. The van der Waals surface area contributed by atoms with Crippen molar-refractivity contribution in [3.05, 3.63) is 62.0 Å². The zero-order valence-electron chi connectivity index (χ0n) is 9.70. The summed E-state index contributed by atoms with van der Waals surface area (Å²) in [6, 6.07) is 10.4. The van der Waals surface area contributed by atoms with Gasteiger partial charge < -0.3 is 4.74 Å². The van der Waals surface area contributed by atoms with Crippen LogP contribution in [0, 0.1) is 0 Å². The van der Waals surface area contributed by atoms with E-state index in [0.717, 1.165) is 16.3 Å². The lowest BCUT2D eigenvalue weighted by molar-refractivity contribution is 0.112. The molecule has 98 valence electrons. The maximum Gasteiger partial charge on any atom is 0.150 e. The molecule has 0 radical (unpaired) electrons. The van der Waals surface area contributed by atoms with Crippen molar-refractivity contribution in [1.82, 2.24) is 0 Å². The molecule has 0 N–H and O–H groups in total. The van der Waals surface area contributed by atoms with E-state index in [1.807, 2.05) is 12.1 Å². The van der Waals surface area contributed by atoms with Gasteiger partial charge in [-0.15, -0.1) is 0 Å². The van der Waals surface area contributed by atoms with E-state index in [4.69, 9.17) is 27.9 Å². The zero-order chi connectivity index (χ0) is 13.8. The topological polar surface area (TPSA) is 26.3 Å². The predicted molar refractivity (Wildman–Crippen MR) is 80.3 cm³/mol. The second-order valence-electron chi connectivity index (χ2n) is 3.83. The Bertz CT molecular complexity index is 614. The number of benzene rings is 2. The van der Waals surface area contributed by atoms with Gasteiger partial charge in [-0.3, -0.25) is 4.79 Å². The molecular formula is C14H9BrCl2O2. The molecule has 2 aromatic carbocycles. The number of rotatable bonds is 4. The summed E-state index contributed by atoms with van der Waals surface area (Å²) in [4.78, 5) is 10.6. The van der Waals surface area contributed by atoms with E-state index in [2.05, 4.69) is 15.9 Å². The molecular weight excluding hydrogens is 351 g/mol. The van der Waals surface area contributed by atoms with Crippen LogP contribution in [0.4, 0.5) is 0 Å². The monoisotopic (exact) mass is 358 g/mol. The Morgan fingerprint density at radius 1 is 1.11 bits per heavy atom. The molecule has 0 atom stereocenters. The molecule has 0 aliphatic carbocycles. The Labute approximate surface area is 129 Å². The highest BCUT2D eigenvalue weighted by Crippen LogP contribution is 2.27. The van der Waals surface area contributed by atoms with Crippen molar-refractivity contribution in [2.45, 2.75) is 6.61 Å². The van der Waals surface area contributed by atoms with E-state index in [-0.39, 0.29) is 0 Å². The van der Waals surface area contributed by atoms with Crippen LogP contribution in [0.1, 0.15) is 15.9 Å². The zero-order valence-corrected chi connectivity index (χ0v) is 12.8. The van der Waals surface area contributed by atoms with Crippen LogP contribution >= 0.6 is 39.1 Å². The molecule has 0 aliphatic rings. The third-order valence-electron chi connectivity index (χ3n) is 2.49. The van der Waals surface area contributed by atoms with Gasteiger partial charge in [-0.1, -0.05) is 45.2 Å². The Balaban J connectivity index is 2.12. The van der Waals surface area contributed by atoms with Crippen LogP contribution in [0.5, 0.6) is 5.75 Å². The first-order valence-corrected chi connectivity index (χ1v) is 6.96. The average Bonchev–Trinajstić information content (AvgIpc) is 2.39. The summed E-state index contributed by atoms with van der Waals surface area (Å²) in [5, 5.41) is 1.02. The van der Waals surface area contributed by atoms with E-state index < -0.39 is 0 Å². The highest BCUT2D eigenvalue weighted by atomic mass is 79.9. The van der Waals surface area contributed by atoms with Gasteiger partial charge in [-0.05, 0) is 30.3 Å². The van der Waals surface area contributed by atoms with Crippen LogP contribution < -0.4 is 4.74 Å². The van der Waals surface area contributed by atoms with Crippen LogP contribution in [0.3, 0.4) is 0 Å². The second kappa shape index (κ2) is 6.42. The van der Waals surface area contributed by atoms with Gasteiger partial charge in [0.2, 0.25) is 0 Å². The fourth-order valence-corrected chi connectivity index (χ4v) is 2.47. The average molecular weight is 360 g/mol. The summed E-state index contributed by atoms with van der Waals surface area (Å²) in [5.74, 6) is 0.520. The van der Waals surface area contributed by atoms with Crippen molar-refractivity contribution in [2.24, 2.45) is 0 Å². The van der Waals surface area contributed by atoms with Crippen molar-refractivity contribution in [2.75, 3.05) is 0 Å². The first kappa shape index (κ1) is 14.4. The smallest absolute Gasteiger partial charge is 0.150 e. The molecule has 0 heterocycles. The molecule has 0 aromatic heterocycles. The van der Waals surface area contributed by atoms with Crippen molar-refractivity contribution in [3.63, 3.8) is 0 Å². The Hall–Kier alpha value is -1.03. The largest absolute Gasteiger partial charge is 0.487 e. The molecule has 2 nitrogen and oxygen atoms in total. The van der Waals surface area contributed by atoms with Crippen molar-refractivity contribution < 1.29 is 9.53 Å². The predicted octanol–water partition coefficient (Wildman–Crippen LogP) is 5.15. The highest BCUT2D eigenvalue weighted by molar-refractivity contribution is 9.10. The molecule has 19 heavy (non-hydrogen) atoms. The molecule has 0 saturated carbocycles. The van der Waals surface area contributed by atoms with E-state index in [0.29, 0.717) is 28.0 Å². The summed E-state index contributed by atoms with van der Waals surface area (Å²) in [5.41, 5.74) is 1.37. The van der Waals surface area contributed by atoms with Crippen molar-refractivity contribution in [3.8, 4) is 5.75 Å². The highest BCUT2D eigenvalue weighted by Gasteiger charge is 2.06. The van der Waals surface area contributed by atoms with Crippen LogP contribution in [0.25, 0.3) is 0 Å². The molecule has 0 spiro atoms. The Kier molecular flexibility index (Phi) is 4.86. The van der Waals surface area contributed by atoms with Crippen molar-refractivity contribution >= 4 is 45.4 Å². The van der Waals surface area contributed by atoms with Gasteiger partial charge in [0.05, 0.1) is 5.02 Å². The second-order valence-corrected chi connectivity index (χ2v) is 5.56. The van der Waals surface area contributed by atoms with Gasteiger partial charge in [-0.2, -0.15) is 0 Å². The third-order valence-corrected chi connectivity index (χ3v) is 3.63. The minimum absolute atomic E-state index is 0.312. The Morgan fingerprint density at radius 2 is 1.89 bits per heavy atom. The quantitative estimate of drug-likeness (QED) is 0.706. The van der Waals surface area contributed by atoms with E-state index >= 15 is 0 Å². The van der Waals surface area contributed by atoms with Crippen LogP contribution in [0.15, 0.2) is 40.9 Å². The summed E-state index contributed by atoms with van der Waals surface area (Å²) < 4.78 is 6.51. The minimum atomic E-state index is 0.312. The normalized spacial score (nSPS) is 10.3. The number of halogens is 3. The van der Waals surface area contributed by atoms with Gasteiger partial charge in [0.1, 0.15) is 18.6 Å². The number of hydrogen-bond donors (Lipinski definition) is 0. The lowest BCUT2D eigenvalue weighted by Crippen LogP contribution is -1.97. The van der Waals surface area contributed by atoms with Gasteiger partial charge in [-0.25, -0.2) is 0 Å². The van der Waals surface area contributed by atoms with Crippen LogP contribution in [0.2, 0.25) is 10.0 Å². The first-order chi connectivity index (χ1) is 9.10. The maximum absolute atomic E-state index is 10.6. The van der Waals surface area contributed by atoms with Crippen molar-refractivity contribution in [1.29, 1.82) is 0 Å². The molecule has 5 heteroatoms.